The van der Waals surface area contributed by atoms with Gasteiger partial charge in [0.05, 0.1) is 30.5 Å². The molecule has 0 aliphatic heterocycles. The van der Waals surface area contributed by atoms with Crippen LogP contribution in [-0.4, -0.2) is 54.3 Å². The van der Waals surface area contributed by atoms with Crippen LogP contribution in [0.25, 0.3) is 11.1 Å². The van der Waals surface area contributed by atoms with Gasteiger partial charge in [-0.15, -0.1) is 0 Å². The highest BCUT2D eigenvalue weighted by molar-refractivity contribution is 6.03. The number of hydrogen-bond donors (Lipinski definition) is 4. The fraction of sp³-hybridized carbons (Fsp3) is 0.375. The van der Waals surface area contributed by atoms with Gasteiger partial charge in [0.15, 0.2) is 5.84 Å². The standard InChI is InChI=1S/C22H24F3N9O2.C2H6/c1-12(11-35)34(27)20(32-26)17-3-2-4-19(30-17)31-21(36)18-7-15(16(9-28-18)22(23,24)25)13-8-29-33(10-13)14-5-6-14;1-2/h2-4,7-10,12,14,35H,5-6,11,26-27H2,1H3,(H,30,31,36);1-2H3/b32-20-;. The van der Waals surface area contributed by atoms with Gasteiger partial charge >= 0.3 is 6.18 Å². The van der Waals surface area contributed by atoms with Gasteiger partial charge in [-0.25, -0.2) is 10.8 Å². The van der Waals surface area contributed by atoms with Crippen molar-refractivity contribution < 1.29 is 23.1 Å². The van der Waals surface area contributed by atoms with E-state index < -0.39 is 23.7 Å². The van der Waals surface area contributed by atoms with Gasteiger partial charge in [-0.05, 0) is 38.0 Å². The smallest absolute Gasteiger partial charge is 0.394 e. The number of aliphatic hydroxyl groups excluding tert-OH is 1. The van der Waals surface area contributed by atoms with E-state index in [0.717, 1.165) is 23.9 Å². The molecule has 11 nitrogen and oxygen atoms in total. The van der Waals surface area contributed by atoms with Crippen LogP contribution in [0.4, 0.5) is 19.0 Å². The van der Waals surface area contributed by atoms with Gasteiger partial charge in [-0.1, -0.05) is 19.9 Å². The number of aliphatic hydroxyl groups is 1. The summed E-state index contributed by atoms with van der Waals surface area (Å²) in [6.07, 6.45) is 0.669. The lowest BCUT2D eigenvalue weighted by molar-refractivity contribution is -0.137. The van der Waals surface area contributed by atoms with E-state index in [-0.39, 0.29) is 46.8 Å². The number of hydrazone groups is 1. The SMILES string of the molecule is CC.CC(CO)N(N)/C(=N\N)c1cccc(NC(=O)c2cc(-c3cnn(C4CC4)c3)c(C(F)(F)F)cn2)n1. The maximum absolute atomic E-state index is 13.7. The third-order valence-electron chi connectivity index (χ3n) is 5.60. The van der Waals surface area contributed by atoms with E-state index in [1.165, 1.54) is 24.5 Å². The number of carbonyl (C=O) groups is 1. The largest absolute Gasteiger partial charge is 0.418 e. The van der Waals surface area contributed by atoms with Crippen LogP contribution in [0.5, 0.6) is 0 Å². The van der Waals surface area contributed by atoms with Crippen molar-refractivity contribution in [2.75, 3.05) is 11.9 Å². The molecule has 0 aromatic carbocycles. The van der Waals surface area contributed by atoms with Crippen molar-refractivity contribution in [1.29, 1.82) is 0 Å². The Bertz CT molecular complexity index is 1290. The Morgan fingerprint density at radius 3 is 2.61 bits per heavy atom. The molecule has 0 radical (unpaired) electrons. The maximum atomic E-state index is 13.7. The van der Waals surface area contributed by atoms with Crippen LogP contribution in [0.3, 0.4) is 0 Å². The molecule has 0 spiro atoms. The van der Waals surface area contributed by atoms with Gasteiger partial charge in [0.1, 0.15) is 17.2 Å². The highest BCUT2D eigenvalue weighted by Gasteiger charge is 2.35. The molecule has 3 aromatic heterocycles. The van der Waals surface area contributed by atoms with E-state index in [0.29, 0.717) is 6.20 Å². The maximum Gasteiger partial charge on any atom is 0.418 e. The molecule has 1 fully saturated rings. The second-order valence-corrected chi connectivity index (χ2v) is 8.31. The van der Waals surface area contributed by atoms with Crippen LogP contribution in [0, 0.1) is 0 Å². The summed E-state index contributed by atoms with van der Waals surface area (Å²) in [5.74, 6) is 10.7. The number of amides is 1. The van der Waals surface area contributed by atoms with Crippen molar-refractivity contribution in [2.45, 2.75) is 51.9 Å². The van der Waals surface area contributed by atoms with Crippen LogP contribution < -0.4 is 17.0 Å². The number of amidine groups is 1. The number of anilines is 1. The summed E-state index contributed by atoms with van der Waals surface area (Å²) in [5, 5.41) is 20.7. The van der Waals surface area contributed by atoms with E-state index >= 15 is 0 Å². The summed E-state index contributed by atoms with van der Waals surface area (Å²) < 4.78 is 42.6. The minimum Gasteiger partial charge on any atom is -0.394 e. The van der Waals surface area contributed by atoms with E-state index in [1.807, 2.05) is 13.8 Å². The van der Waals surface area contributed by atoms with Crippen LogP contribution in [0.2, 0.25) is 0 Å². The van der Waals surface area contributed by atoms with Gasteiger partial charge in [-0.2, -0.15) is 23.4 Å². The average molecular weight is 534 g/mol. The minimum absolute atomic E-state index is 0.0512. The van der Waals surface area contributed by atoms with Gasteiger partial charge in [-0.3, -0.25) is 19.5 Å². The zero-order chi connectivity index (χ0) is 28.0. The molecular formula is C24H30F3N9O2. The molecule has 1 unspecified atom stereocenters. The predicted molar refractivity (Wildman–Crippen MR) is 136 cm³/mol. The van der Waals surface area contributed by atoms with E-state index in [2.05, 4.69) is 25.5 Å². The summed E-state index contributed by atoms with van der Waals surface area (Å²) in [6, 6.07) is 5.30. The van der Waals surface area contributed by atoms with Crippen molar-refractivity contribution in [3.05, 3.63) is 59.8 Å². The number of nitrogens with one attached hydrogen (secondary N) is 1. The first-order chi connectivity index (χ1) is 18.1. The molecule has 38 heavy (non-hydrogen) atoms. The molecular weight excluding hydrogens is 503 g/mol. The molecule has 1 aliphatic carbocycles. The molecule has 0 saturated heterocycles. The molecule has 4 rings (SSSR count). The lowest BCUT2D eigenvalue weighted by Crippen LogP contribution is -2.47. The number of hydrogen-bond acceptors (Lipinski definition) is 8. The van der Waals surface area contributed by atoms with Gasteiger partial charge in [0.2, 0.25) is 0 Å². The first-order valence-corrected chi connectivity index (χ1v) is 12.0. The van der Waals surface area contributed by atoms with Gasteiger partial charge in [0.25, 0.3) is 5.91 Å². The highest BCUT2D eigenvalue weighted by atomic mass is 19.4. The van der Waals surface area contributed by atoms with Crippen LogP contribution in [-0.2, 0) is 6.18 Å². The number of alkyl halides is 3. The number of hydrazine groups is 1. The van der Waals surface area contributed by atoms with Crippen molar-refractivity contribution >= 4 is 17.6 Å². The zero-order valence-corrected chi connectivity index (χ0v) is 21.1. The Hall–Kier alpha value is -4.04. The number of halogens is 3. The molecule has 3 aromatic rings. The molecule has 3 heterocycles. The normalized spacial score (nSPS) is 14.4. The Morgan fingerprint density at radius 2 is 2.00 bits per heavy atom. The monoisotopic (exact) mass is 533 g/mol. The molecule has 1 atom stereocenters. The molecule has 0 bridgehead atoms. The van der Waals surface area contributed by atoms with Gasteiger partial charge in [0, 0.05) is 23.5 Å². The zero-order valence-electron chi connectivity index (χ0n) is 21.1. The number of nitrogens with two attached hydrogens (primary N) is 2. The number of rotatable bonds is 7. The van der Waals surface area contributed by atoms with Crippen molar-refractivity contribution in [1.82, 2.24) is 24.8 Å². The van der Waals surface area contributed by atoms with Crippen molar-refractivity contribution in [3.63, 3.8) is 0 Å². The molecule has 1 amide bonds. The Morgan fingerprint density at radius 1 is 1.29 bits per heavy atom. The first kappa shape index (κ1) is 28.5. The molecule has 6 N–H and O–H groups in total. The second-order valence-electron chi connectivity index (χ2n) is 8.31. The fourth-order valence-corrected chi connectivity index (χ4v) is 3.43. The predicted octanol–water partition coefficient (Wildman–Crippen LogP) is 3.15. The van der Waals surface area contributed by atoms with Crippen LogP contribution in [0.15, 0.2) is 48.0 Å². The molecule has 14 heteroatoms. The third-order valence-corrected chi connectivity index (χ3v) is 5.60. The molecule has 1 saturated carbocycles. The highest BCUT2D eigenvalue weighted by Crippen LogP contribution is 2.39. The number of pyridine rings is 2. The summed E-state index contributed by atoms with van der Waals surface area (Å²) in [5.41, 5.74) is -0.987. The quantitative estimate of drug-likeness (QED) is 0.156. The summed E-state index contributed by atoms with van der Waals surface area (Å²) >= 11 is 0. The fourth-order valence-electron chi connectivity index (χ4n) is 3.43. The Kier molecular flexibility index (Phi) is 9.01. The average Bonchev–Trinajstić information content (AvgIpc) is 3.65. The summed E-state index contributed by atoms with van der Waals surface area (Å²) in [6.45, 7) is 5.37. The number of nitrogens with zero attached hydrogens (tertiary/aromatic N) is 6. The van der Waals surface area contributed by atoms with Crippen molar-refractivity contribution in [2.24, 2.45) is 16.8 Å². The van der Waals surface area contributed by atoms with Crippen molar-refractivity contribution in [3.8, 4) is 11.1 Å². The van der Waals surface area contributed by atoms with Crippen LogP contribution in [0.1, 0.15) is 61.4 Å². The van der Waals surface area contributed by atoms with E-state index in [4.69, 9.17) is 11.7 Å². The molecule has 204 valence electrons. The Balaban J connectivity index is 0.00000195. The topological polar surface area (TPSA) is 161 Å². The lowest BCUT2D eigenvalue weighted by Gasteiger charge is -2.25. The van der Waals surface area contributed by atoms with E-state index in [1.54, 1.807) is 17.7 Å². The van der Waals surface area contributed by atoms with Crippen LogP contribution >= 0.6 is 0 Å². The summed E-state index contributed by atoms with van der Waals surface area (Å²) in [7, 11) is 0. The molecule has 1 aliphatic rings. The second kappa shape index (κ2) is 12.0. The van der Waals surface area contributed by atoms with Gasteiger partial charge < -0.3 is 16.3 Å². The van der Waals surface area contributed by atoms with E-state index in [9.17, 15) is 23.1 Å². The Labute approximate surface area is 217 Å². The minimum atomic E-state index is -4.67. The third kappa shape index (κ3) is 6.44. The first-order valence-electron chi connectivity index (χ1n) is 12.0. The summed E-state index contributed by atoms with van der Waals surface area (Å²) in [4.78, 5) is 20.9. The lowest BCUT2D eigenvalue weighted by atomic mass is 10.0. The number of carbonyl (C=O) groups excluding carboxylic acids is 1. The number of aromatic nitrogens is 4.